The van der Waals surface area contributed by atoms with Crippen molar-refractivity contribution in [3.05, 3.63) is 28.8 Å². The lowest BCUT2D eigenvalue weighted by molar-refractivity contribution is -0.155. The number of carbonyl (C=O) groups excluding carboxylic acids is 1. The predicted molar refractivity (Wildman–Crippen MR) is 71.7 cm³/mol. The van der Waals surface area contributed by atoms with Crippen LogP contribution in [0, 0.1) is 0 Å². The summed E-state index contributed by atoms with van der Waals surface area (Å²) < 4.78 is 25.1. The van der Waals surface area contributed by atoms with Gasteiger partial charge in [-0.15, -0.1) is 0 Å². The Morgan fingerprint density at radius 3 is 2.57 bits per heavy atom. The van der Waals surface area contributed by atoms with Gasteiger partial charge in [0.2, 0.25) is 0 Å². The van der Waals surface area contributed by atoms with E-state index >= 15 is 0 Å². The van der Waals surface area contributed by atoms with Crippen molar-refractivity contribution >= 4 is 29.3 Å². The van der Waals surface area contributed by atoms with E-state index in [4.69, 9.17) is 16.7 Å². The second-order valence-corrected chi connectivity index (χ2v) is 4.83. The van der Waals surface area contributed by atoms with Crippen LogP contribution in [0.4, 0.5) is 19.3 Å². The Morgan fingerprint density at radius 1 is 1.43 bits per heavy atom. The molecular weight excluding hydrogens is 310 g/mol. The van der Waals surface area contributed by atoms with Crippen LogP contribution in [-0.4, -0.2) is 34.4 Å². The minimum absolute atomic E-state index is 0.0412. The molecule has 0 bridgehead atoms. The Balaban J connectivity index is 2.71. The minimum Gasteiger partial charge on any atom is -0.479 e. The largest absolute Gasteiger partial charge is 0.479 e. The molecule has 1 rings (SSSR count). The number of halogens is 3. The van der Waals surface area contributed by atoms with E-state index in [1.165, 1.54) is 6.07 Å². The van der Waals surface area contributed by atoms with Gasteiger partial charge in [-0.3, -0.25) is 0 Å². The molecule has 0 saturated heterocycles. The molecule has 1 aromatic rings. The molecule has 0 heterocycles. The van der Waals surface area contributed by atoms with E-state index in [-0.39, 0.29) is 16.3 Å². The lowest BCUT2D eigenvalue weighted by Crippen LogP contribution is -2.47. The molecule has 9 heteroatoms. The molecule has 116 valence electrons. The highest BCUT2D eigenvalue weighted by molar-refractivity contribution is 6.33. The molecule has 0 aliphatic heterocycles. The number of anilines is 1. The molecule has 1 atom stereocenters. The van der Waals surface area contributed by atoms with Gasteiger partial charge in [-0.05, 0) is 19.1 Å². The number of aliphatic carboxylic acids is 1. The number of aliphatic hydroxyl groups is 1. The molecule has 2 amide bonds. The highest BCUT2D eigenvalue weighted by atomic mass is 35.5. The fourth-order valence-corrected chi connectivity index (χ4v) is 1.43. The topological polar surface area (TPSA) is 98.7 Å². The monoisotopic (exact) mass is 322 g/mol. The summed E-state index contributed by atoms with van der Waals surface area (Å²) in [6, 6.07) is 2.43. The van der Waals surface area contributed by atoms with E-state index in [9.17, 15) is 23.5 Å². The van der Waals surface area contributed by atoms with Crippen LogP contribution >= 0.6 is 11.6 Å². The maximum atomic E-state index is 12.5. The first-order valence-corrected chi connectivity index (χ1v) is 6.09. The van der Waals surface area contributed by atoms with Crippen molar-refractivity contribution in [1.29, 1.82) is 0 Å². The molecule has 1 unspecified atom stereocenters. The summed E-state index contributed by atoms with van der Waals surface area (Å²) in [5.41, 5.74) is -2.53. The Kier molecular flexibility index (Phi) is 5.45. The zero-order valence-electron chi connectivity index (χ0n) is 10.9. The summed E-state index contributed by atoms with van der Waals surface area (Å²) in [6.45, 7) is 0.431. The maximum absolute atomic E-state index is 12.5. The summed E-state index contributed by atoms with van der Waals surface area (Å²) in [7, 11) is 0. The van der Waals surface area contributed by atoms with Crippen LogP contribution in [0.3, 0.4) is 0 Å². The fourth-order valence-electron chi connectivity index (χ4n) is 1.27. The Morgan fingerprint density at radius 2 is 2.05 bits per heavy atom. The van der Waals surface area contributed by atoms with Gasteiger partial charge in [0, 0.05) is 5.56 Å². The summed E-state index contributed by atoms with van der Waals surface area (Å²) in [4.78, 5) is 22.2. The number of carbonyl (C=O) groups is 2. The number of nitrogens with one attached hydrogen (secondary N) is 2. The third-order valence-electron chi connectivity index (χ3n) is 2.54. The van der Waals surface area contributed by atoms with Gasteiger partial charge in [0.25, 0.3) is 6.43 Å². The summed E-state index contributed by atoms with van der Waals surface area (Å²) in [5.74, 6) is -1.51. The molecule has 4 N–H and O–H groups in total. The number of benzene rings is 1. The Labute approximate surface area is 123 Å². The second-order valence-electron chi connectivity index (χ2n) is 4.43. The van der Waals surface area contributed by atoms with Crippen LogP contribution in [0.5, 0.6) is 0 Å². The van der Waals surface area contributed by atoms with E-state index in [0.29, 0.717) is 0 Å². The number of rotatable bonds is 5. The van der Waals surface area contributed by atoms with E-state index in [1.807, 2.05) is 0 Å². The summed E-state index contributed by atoms with van der Waals surface area (Å²) in [6.07, 6.45) is -2.72. The third-order valence-corrected chi connectivity index (χ3v) is 2.87. The minimum atomic E-state index is -2.72. The molecule has 6 nitrogen and oxygen atoms in total. The van der Waals surface area contributed by atoms with Gasteiger partial charge in [-0.25, -0.2) is 18.4 Å². The number of carboxylic acid groups (broad SMARTS) is 1. The van der Waals surface area contributed by atoms with Crippen molar-refractivity contribution in [3.8, 4) is 0 Å². The van der Waals surface area contributed by atoms with Crippen molar-refractivity contribution in [1.82, 2.24) is 5.32 Å². The number of hydrogen-bond donors (Lipinski definition) is 4. The van der Waals surface area contributed by atoms with Gasteiger partial charge in [-0.1, -0.05) is 17.7 Å². The molecule has 0 fully saturated rings. The normalized spacial score (nSPS) is 13.6. The first kappa shape index (κ1) is 17.1. The first-order chi connectivity index (χ1) is 9.63. The van der Waals surface area contributed by atoms with Gasteiger partial charge < -0.3 is 20.8 Å². The van der Waals surface area contributed by atoms with E-state index < -0.39 is 30.6 Å². The van der Waals surface area contributed by atoms with Crippen LogP contribution < -0.4 is 10.6 Å². The maximum Gasteiger partial charge on any atom is 0.337 e. The lowest BCUT2D eigenvalue weighted by Gasteiger charge is -2.18. The zero-order chi connectivity index (χ0) is 16.2. The summed E-state index contributed by atoms with van der Waals surface area (Å²) >= 11 is 5.75. The highest BCUT2D eigenvalue weighted by Crippen LogP contribution is 2.28. The number of alkyl halides is 2. The SMILES string of the molecule is CC(O)(CNC(=O)Nc1cc(C(F)F)ccc1Cl)C(=O)O. The Bertz CT molecular complexity index is 552. The second kappa shape index (κ2) is 6.68. The standard InChI is InChI=1S/C12H13ClF2N2O4/c1-12(21,10(18)19)5-16-11(20)17-8-4-6(9(14)15)2-3-7(8)13/h2-4,9,21H,5H2,1H3,(H,18,19)(H2,16,17,20). The average Bonchev–Trinajstić information content (AvgIpc) is 2.38. The highest BCUT2D eigenvalue weighted by Gasteiger charge is 2.30. The van der Waals surface area contributed by atoms with Crippen molar-refractivity contribution in [2.45, 2.75) is 19.0 Å². The van der Waals surface area contributed by atoms with Gasteiger partial charge in [0.1, 0.15) is 0 Å². The van der Waals surface area contributed by atoms with Crippen LogP contribution in [0.1, 0.15) is 18.9 Å². The van der Waals surface area contributed by atoms with Gasteiger partial charge >= 0.3 is 12.0 Å². The smallest absolute Gasteiger partial charge is 0.337 e. The van der Waals surface area contributed by atoms with Crippen LogP contribution in [0.2, 0.25) is 5.02 Å². The average molecular weight is 323 g/mol. The van der Waals surface area contributed by atoms with Crippen molar-refractivity contribution in [3.63, 3.8) is 0 Å². The van der Waals surface area contributed by atoms with Crippen LogP contribution in [0.25, 0.3) is 0 Å². The number of hydrogen-bond acceptors (Lipinski definition) is 3. The third kappa shape index (κ3) is 4.83. The van der Waals surface area contributed by atoms with Crippen molar-refractivity contribution < 1.29 is 28.6 Å². The van der Waals surface area contributed by atoms with Crippen molar-refractivity contribution in [2.75, 3.05) is 11.9 Å². The van der Waals surface area contributed by atoms with Gasteiger partial charge in [0.15, 0.2) is 5.60 Å². The number of amides is 2. The molecule has 0 aliphatic carbocycles. The Hall–Kier alpha value is -1.93. The first-order valence-electron chi connectivity index (χ1n) is 5.71. The van der Waals surface area contributed by atoms with Gasteiger partial charge in [0.05, 0.1) is 17.3 Å². The van der Waals surface area contributed by atoms with Crippen LogP contribution in [-0.2, 0) is 4.79 Å². The summed E-state index contributed by atoms with van der Waals surface area (Å²) in [5, 5.41) is 22.4. The lowest BCUT2D eigenvalue weighted by atomic mass is 10.1. The quantitative estimate of drug-likeness (QED) is 0.668. The predicted octanol–water partition coefficient (Wildman–Crippen LogP) is 2.23. The molecule has 1 aromatic carbocycles. The van der Waals surface area contributed by atoms with Crippen molar-refractivity contribution in [2.24, 2.45) is 0 Å². The van der Waals surface area contributed by atoms with E-state index in [1.54, 1.807) is 0 Å². The molecule has 21 heavy (non-hydrogen) atoms. The molecule has 0 saturated carbocycles. The zero-order valence-corrected chi connectivity index (χ0v) is 11.6. The van der Waals surface area contributed by atoms with Crippen LogP contribution in [0.15, 0.2) is 18.2 Å². The molecule has 0 aromatic heterocycles. The number of carboxylic acids is 1. The number of urea groups is 1. The van der Waals surface area contributed by atoms with Gasteiger partial charge in [-0.2, -0.15) is 0 Å². The molecule has 0 radical (unpaired) electrons. The molecule has 0 aliphatic rings. The molecule has 0 spiro atoms. The van der Waals surface area contributed by atoms with E-state index in [0.717, 1.165) is 19.1 Å². The molecular formula is C12H13ClF2N2O4. The van der Waals surface area contributed by atoms with E-state index in [2.05, 4.69) is 10.6 Å². The fraction of sp³-hybridized carbons (Fsp3) is 0.333.